The van der Waals surface area contributed by atoms with Crippen LogP contribution in [0, 0.1) is 16.0 Å². The number of rotatable bonds is 3. The van der Waals surface area contributed by atoms with E-state index < -0.39 is 11.1 Å². The molecule has 9 heteroatoms. The highest BCUT2D eigenvalue weighted by atomic mass is 32.1. The summed E-state index contributed by atoms with van der Waals surface area (Å²) < 4.78 is 10.6. The monoisotopic (exact) mass is 401 g/mol. The number of nitrogens with zero attached hydrogens (tertiary/aromatic N) is 1. The second kappa shape index (κ2) is 6.37. The zero-order chi connectivity index (χ0) is 19.4. The van der Waals surface area contributed by atoms with Crippen LogP contribution in [0.4, 0.5) is 10.7 Å². The summed E-state index contributed by atoms with van der Waals surface area (Å²) in [6, 6.07) is 2.93. The molecule has 3 heterocycles. The third-order valence-electron chi connectivity index (χ3n) is 5.75. The molecule has 5 rings (SSSR count). The summed E-state index contributed by atoms with van der Waals surface area (Å²) in [5.41, 5.74) is 2.08. The zero-order valence-electron chi connectivity index (χ0n) is 15.2. The number of nitrogens with one attached hydrogen (secondary N) is 2. The second-order valence-electron chi connectivity index (χ2n) is 7.30. The summed E-state index contributed by atoms with van der Waals surface area (Å²) in [6.07, 6.45) is 3.43. The summed E-state index contributed by atoms with van der Waals surface area (Å²) in [7, 11) is 0. The molecule has 2 atom stereocenters. The minimum absolute atomic E-state index is 0.0286. The van der Waals surface area contributed by atoms with Gasteiger partial charge in [0.2, 0.25) is 6.79 Å². The lowest BCUT2D eigenvalue weighted by atomic mass is 9.85. The lowest BCUT2D eigenvalue weighted by molar-refractivity contribution is -0.385. The fourth-order valence-corrected chi connectivity index (χ4v) is 5.59. The van der Waals surface area contributed by atoms with Crippen molar-refractivity contribution in [1.82, 2.24) is 5.32 Å². The van der Waals surface area contributed by atoms with Gasteiger partial charge in [0.25, 0.3) is 11.6 Å². The fraction of sp³-hybridized carbons (Fsp3) is 0.421. The Balaban J connectivity index is 1.53. The molecule has 0 saturated heterocycles. The predicted octanol–water partition coefficient (Wildman–Crippen LogP) is 3.75. The Morgan fingerprint density at radius 2 is 2.07 bits per heavy atom. The largest absolute Gasteiger partial charge is 0.454 e. The SMILES string of the molecule is CC[C@H]1CCc2c(sc3c2C(=O)N[C@H](c2cc4c(cc2[N+](=O)[O-])OCO4)N3)C1. The second-order valence-corrected chi connectivity index (χ2v) is 8.40. The number of carbonyl (C=O) groups is 1. The zero-order valence-corrected chi connectivity index (χ0v) is 16.1. The third-order valence-corrected chi connectivity index (χ3v) is 6.94. The highest BCUT2D eigenvalue weighted by molar-refractivity contribution is 7.16. The molecule has 2 N–H and O–H groups in total. The van der Waals surface area contributed by atoms with E-state index in [0.29, 0.717) is 28.5 Å². The van der Waals surface area contributed by atoms with Crippen LogP contribution in [-0.4, -0.2) is 17.6 Å². The number of nitro benzene ring substituents is 1. The first-order chi connectivity index (χ1) is 13.5. The first-order valence-corrected chi connectivity index (χ1v) is 10.2. The van der Waals surface area contributed by atoms with Crippen LogP contribution >= 0.6 is 11.3 Å². The Hall–Kier alpha value is -2.81. The van der Waals surface area contributed by atoms with Crippen molar-refractivity contribution in [3.8, 4) is 11.5 Å². The van der Waals surface area contributed by atoms with Gasteiger partial charge in [-0.1, -0.05) is 13.3 Å². The number of fused-ring (bicyclic) bond motifs is 4. The van der Waals surface area contributed by atoms with E-state index in [9.17, 15) is 14.9 Å². The van der Waals surface area contributed by atoms with Gasteiger partial charge in [0.05, 0.1) is 22.1 Å². The molecule has 1 aliphatic carbocycles. The molecule has 0 bridgehead atoms. The van der Waals surface area contributed by atoms with Crippen LogP contribution in [-0.2, 0) is 12.8 Å². The van der Waals surface area contributed by atoms with Crippen molar-refractivity contribution in [3.05, 3.63) is 43.8 Å². The minimum atomic E-state index is -0.697. The Kier molecular flexibility index (Phi) is 3.94. The van der Waals surface area contributed by atoms with Gasteiger partial charge < -0.3 is 20.1 Å². The van der Waals surface area contributed by atoms with Crippen LogP contribution in [0.5, 0.6) is 11.5 Å². The highest BCUT2D eigenvalue weighted by Crippen LogP contribution is 2.45. The number of ether oxygens (including phenoxy) is 2. The summed E-state index contributed by atoms with van der Waals surface area (Å²) >= 11 is 1.60. The molecule has 146 valence electrons. The van der Waals surface area contributed by atoms with Crippen LogP contribution in [0.15, 0.2) is 12.1 Å². The average Bonchev–Trinajstić information content (AvgIpc) is 3.29. The van der Waals surface area contributed by atoms with E-state index in [1.54, 1.807) is 17.4 Å². The van der Waals surface area contributed by atoms with Gasteiger partial charge >= 0.3 is 0 Å². The number of benzene rings is 1. The lowest BCUT2D eigenvalue weighted by Gasteiger charge is -2.27. The third kappa shape index (κ3) is 2.61. The van der Waals surface area contributed by atoms with Crippen molar-refractivity contribution in [2.24, 2.45) is 5.92 Å². The average molecular weight is 401 g/mol. The number of amides is 1. The molecule has 2 aliphatic heterocycles. The molecule has 2 aromatic rings. The standard InChI is InChI=1S/C19H19N3O5S/c1-2-9-3-4-10-15(5-9)28-19-16(10)18(23)20-17(21-19)11-6-13-14(27-8-26-13)7-12(11)22(24)25/h6-7,9,17,21H,2-5,8H2,1H3,(H,20,23)/t9-,17-/m0/s1. The fourth-order valence-electron chi connectivity index (χ4n) is 4.21. The highest BCUT2D eigenvalue weighted by Gasteiger charge is 2.36. The maximum atomic E-state index is 12.9. The number of anilines is 1. The predicted molar refractivity (Wildman–Crippen MR) is 103 cm³/mol. The van der Waals surface area contributed by atoms with Crippen molar-refractivity contribution in [1.29, 1.82) is 0 Å². The Bertz CT molecular complexity index is 1000. The number of hydrogen-bond acceptors (Lipinski definition) is 7. The molecule has 0 saturated carbocycles. The van der Waals surface area contributed by atoms with Gasteiger partial charge in [-0.15, -0.1) is 11.3 Å². The van der Waals surface area contributed by atoms with E-state index in [2.05, 4.69) is 17.6 Å². The molecule has 8 nitrogen and oxygen atoms in total. The summed E-state index contributed by atoms with van der Waals surface area (Å²) in [5.74, 6) is 1.26. The molecular formula is C19H19N3O5S. The molecule has 1 amide bonds. The van der Waals surface area contributed by atoms with Crippen molar-refractivity contribution >= 4 is 27.9 Å². The van der Waals surface area contributed by atoms with Crippen molar-refractivity contribution in [2.75, 3.05) is 12.1 Å². The molecule has 28 heavy (non-hydrogen) atoms. The number of carbonyl (C=O) groups excluding carboxylic acids is 1. The molecule has 1 aromatic carbocycles. The molecule has 0 radical (unpaired) electrons. The smallest absolute Gasteiger partial charge is 0.280 e. The lowest BCUT2D eigenvalue weighted by Crippen LogP contribution is -2.38. The molecular weight excluding hydrogens is 382 g/mol. The number of hydrogen-bond donors (Lipinski definition) is 2. The number of thiophene rings is 1. The van der Waals surface area contributed by atoms with Crippen molar-refractivity contribution in [2.45, 2.75) is 38.8 Å². The first-order valence-electron chi connectivity index (χ1n) is 9.35. The van der Waals surface area contributed by atoms with Gasteiger partial charge in [0, 0.05) is 4.88 Å². The van der Waals surface area contributed by atoms with Gasteiger partial charge in [0.15, 0.2) is 11.5 Å². The van der Waals surface area contributed by atoms with E-state index in [1.807, 2.05) is 0 Å². The van der Waals surface area contributed by atoms with Crippen LogP contribution in [0.1, 0.15) is 52.3 Å². The molecule has 1 aromatic heterocycles. The van der Waals surface area contributed by atoms with E-state index in [4.69, 9.17) is 9.47 Å². The van der Waals surface area contributed by atoms with E-state index in [-0.39, 0.29) is 18.4 Å². The van der Waals surface area contributed by atoms with Gasteiger partial charge in [-0.3, -0.25) is 14.9 Å². The summed E-state index contributed by atoms with van der Waals surface area (Å²) in [4.78, 5) is 25.3. The quantitative estimate of drug-likeness (QED) is 0.600. The topological polar surface area (TPSA) is 103 Å². The molecule has 0 unspecified atom stereocenters. The summed E-state index contributed by atoms with van der Waals surface area (Å²) in [5, 5.41) is 18.6. The molecule has 0 fully saturated rings. The van der Waals surface area contributed by atoms with Gasteiger partial charge in [-0.25, -0.2) is 0 Å². The Morgan fingerprint density at radius 3 is 2.82 bits per heavy atom. The van der Waals surface area contributed by atoms with Crippen LogP contribution in [0.25, 0.3) is 0 Å². The van der Waals surface area contributed by atoms with E-state index in [0.717, 1.165) is 36.2 Å². The van der Waals surface area contributed by atoms with Crippen LogP contribution < -0.4 is 20.1 Å². The van der Waals surface area contributed by atoms with Gasteiger partial charge in [-0.2, -0.15) is 0 Å². The van der Waals surface area contributed by atoms with Gasteiger partial charge in [-0.05, 0) is 36.8 Å². The van der Waals surface area contributed by atoms with Gasteiger partial charge in [0.1, 0.15) is 11.2 Å². The maximum absolute atomic E-state index is 12.9. The number of nitro groups is 1. The Labute approximate surface area is 165 Å². The molecule has 0 spiro atoms. The molecule has 3 aliphatic rings. The Morgan fingerprint density at radius 1 is 1.29 bits per heavy atom. The summed E-state index contributed by atoms with van der Waals surface area (Å²) in [6.45, 7) is 2.23. The first kappa shape index (κ1) is 17.3. The minimum Gasteiger partial charge on any atom is -0.454 e. The van der Waals surface area contributed by atoms with E-state index in [1.165, 1.54) is 10.9 Å². The van der Waals surface area contributed by atoms with Crippen molar-refractivity contribution < 1.29 is 19.2 Å². The van der Waals surface area contributed by atoms with E-state index >= 15 is 0 Å². The van der Waals surface area contributed by atoms with Crippen molar-refractivity contribution in [3.63, 3.8) is 0 Å². The van der Waals surface area contributed by atoms with Crippen LogP contribution in [0.3, 0.4) is 0 Å². The normalized spacial score (nSPS) is 22.1. The maximum Gasteiger partial charge on any atom is 0.280 e. The van der Waals surface area contributed by atoms with Crippen LogP contribution in [0.2, 0.25) is 0 Å².